The summed E-state index contributed by atoms with van der Waals surface area (Å²) in [7, 11) is 0. The first-order valence-electron chi connectivity index (χ1n) is 8.91. The van der Waals surface area contributed by atoms with Gasteiger partial charge in [0.1, 0.15) is 11.7 Å². The first-order valence-corrected chi connectivity index (χ1v) is 8.91. The summed E-state index contributed by atoms with van der Waals surface area (Å²) in [5.74, 6) is -1.98. The van der Waals surface area contributed by atoms with E-state index in [1.54, 1.807) is 48.1 Å². The van der Waals surface area contributed by atoms with Crippen LogP contribution in [0.2, 0.25) is 0 Å². The third kappa shape index (κ3) is 4.49. The summed E-state index contributed by atoms with van der Waals surface area (Å²) < 4.78 is 2.78. The fourth-order valence-corrected chi connectivity index (χ4v) is 2.68. The Hall–Kier alpha value is -3.95. The summed E-state index contributed by atoms with van der Waals surface area (Å²) in [6, 6.07) is 8.72. The maximum Gasteiger partial charge on any atom is 0.354 e. The number of nitrogens with one attached hydrogen (secondary N) is 2. The van der Waals surface area contributed by atoms with E-state index < -0.39 is 17.9 Å². The lowest BCUT2D eigenvalue weighted by atomic mass is 10.2. The topological polar surface area (TPSA) is 131 Å². The van der Waals surface area contributed by atoms with Crippen LogP contribution in [0.5, 0.6) is 0 Å². The van der Waals surface area contributed by atoms with Crippen LogP contribution in [0.1, 0.15) is 40.9 Å². The molecular weight excluding hydrogens is 376 g/mol. The second-order valence-electron chi connectivity index (χ2n) is 6.22. The molecule has 2 amide bonds. The number of hydrogen-bond acceptors (Lipinski definition) is 5. The van der Waals surface area contributed by atoms with E-state index >= 15 is 0 Å². The number of rotatable bonds is 7. The SMILES string of the molecule is CCn1ccc(C(=O)Nc2cccc(NC(=O)C(C)n3nccc3C(=O)O)c2)n1. The van der Waals surface area contributed by atoms with E-state index in [-0.39, 0.29) is 17.3 Å². The molecule has 0 fully saturated rings. The predicted molar refractivity (Wildman–Crippen MR) is 105 cm³/mol. The zero-order chi connectivity index (χ0) is 21.0. The Labute approximate surface area is 166 Å². The van der Waals surface area contributed by atoms with Gasteiger partial charge >= 0.3 is 5.97 Å². The number of amides is 2. The molecule has 10 nitrogen and oxygen atoms in total. The van der Waals surface area contributed by atoms with Crippen LogP contribution in [-0.2, 0) is 11.3 Å². The fraction of sp³-hybridized carbons (Fsp3) is 0.211. The van der Waals surface area contributed by atoms with E-state index in [1.165, 1.54) is 12.3 Å². The van der Waals surface area contributed by atoms with Gasteiger partial charge in [0.15, 0.2) is 5.69 Å². The van der Waals surface area contributed by atoms with Crippen molar-refractivity contribution in [1.82, 2.24) is 19.6 Å². The van der Waals surface area contributed by atoms with Crippen molar-refractivity contribution in [3.63, 3.8) is 0 Å². The van der Waals surface area contributed by atoms with Crippen LogP contribution >= 0.6 is 0 Å². The number of aromatic carboxylic acids is 1. The third-order valence-corrected chi connectivity index (χ3v) is 4.22. The standard InChI is InChI=1S/C19H20N6O4/c1-3-24-10-8-15(23-24)18(27)22-14-6-4-5-13(11-14)21-17(26)12(2)25-16(19(28)29)7-9-20-25/h4-12H,3H2,1-2H3,(H,21,26)(H,22,27)(H,28,29). The molecule has 0 aliphatic carbocycles. The van der Waals surface area contributed by atoms with Gasteiger partial charge in [0, 0.05) is 30.3 Å². The van der Waals surface area contributed by atoms with Crippen molar-refractivity contribution in [2.24, 2.45) is 0 Å². The highest BCUT2D eigenvalue weighted by atomic mass is 16.4. The van der Waals surface area contributed by atoms with E-state index in [0.29, 0.717) is 17.9 Å². The molecule has 2 aromatic heterocycles. The van der Waals surface area contributed by atoms with Gasteiger partial charge in [0.05, 0.1) is 0 Å². The summed E-state index contributed by atoms with van der Waals surface area (Å²) in [6.07, 6.45) is 3.04. The molecule has 0 aliphatic heterocycles. The van der Waals surface area contributed by atoms with Gasteiger partial charge in [0.2, 0.25) is 5.91 Å². The molecule has 3 rings (SSSR count). The number of benzene rings is 1. The van der Waals surface area contributed by atoms with Gasteiger partial charge in [-0.15, -0.1) is 0 Å². The largest absolute Gasteiger partial charge is 0.477 e. The van der Waals surface area contributed by atoms with Gasteiger partial charge in [-0.25, -0.2) is 9.48 Å². The lowest BCUT2D eigenvalue weighted by molar-refractivity contribution is -0.119. The van der Waals surface area contributed by atoms with Crippen LogP contribution < -0.4 is 10.6 Å². The average molecular weight is 396 g/mol. The molecule has 10 heteroatoms. The van der Waals surface area contributed by atoms with Crippen molar-refractivity contribution >= 4 is 29.2 Å². The number of carbonyl (C=O) groups excluding carboxylic acids is 2. The highest BCUT2D eigenvalue weighted by Gasteiger charge is 2.21. The summed E-state index contributed by atoms with van der Waals surface area (Å²) >= 11 is 0. The van der Waals surface area contributed by atoms with Crippen molar-refractivity contribution in [3.8, 4) is 0 Å². The van der Waals surface area contributed by atoms with Crippen molar-refractivity contribution in [2.75, 3.05) is 10.6 Å². The van der Waals surface area contributed by atoms with Crippen molar-refractivity contribution in [2.45, 2.75) is 26.4 Å². The Morgan fingerprint density at radius 3 is 2.52 bits per heavy atom. The van der Waals surface area contributed by atoms with E-state index in [1.807, 2.05) is 6.92 Å². The maximum atomic E-state index is 12.5. The van der Waals surface area contributed by atoms with Gasteiger partial charge < -0.3 is 15.7 Å². The maximum absolute atomic E-state index is 12.5. The number of aromatic nitrogens is 4. The van der Waals surface area contributed by atoms with Crippen LogP contribution in [0.3, 0.4) is 0 Å². The molecule has 3 N–H and O–H groups in total. The van der Waals surface area contributed by atoms with Crippen LogP contribution in [-0.4, -0.2) is 42.5 Å². The highest BCUT2D eigenvalue weighted by molar-refractivity contribution is 6.03. The minimum Gasteiger partial charge on any atom is -0.477 e. The quantitative estimate of drug-likeness (QED) is 0.561. The monoisotopic (exact) mass is 396 g/mol. The van der Waals surface area contributed by atoms with Crippen molar-refractivity contribution in [1.29, 1.82) is 0 Å². The summed E-state index contributed by atoms with van der Waals surface area (Å²) in [6.45, 7) is 4.13. The molecule has 150 valence electrons. The Bertz CT molecular complexity index is 1050. The smallest absolute Gasteiger partial charge is 0.354 e. The number of carbonyl (C=O) groups is 3. The molecule has 0 bridgehead atoms. The van der Waals surface area contributed by atoms with Crippen LogP contribution in [0.4, 0.5) is 11.4 Å². The Morgan fingerprint density at radius 2 is 1.86 bits per heavy atom. The van der Waals surface area contributed by atoms with E-state index in [4.69, 9.17) is 5.11 Å². The molecule has 0 aliphatic rings. The predicted octanol–water partition coefficient (Wildman–Crippen LogP) is 2.25. The average Bonchev–Trinajstić information content (AvgIpc) is 3.37. The molecular formula is C19H20N6O4. The van der Waals surface area contributed by atoms with Gasteiger partial charge in [-0.2, -0.15) is 10.2 Å². The number of aryl methyl sites for hydroxylation is 1. The number of carboxylic acids is 1. The molecule has 0 radical (unpaired) electrons. The normalized spacial score (nSPS) is 11.7. The van der Waals surface area contributed by atoms with Crippen molar-refractivity contribution in [3.05, 3.63) is 60.2 Å². The third-order valence-electron chi connectivity index (χ3n) is 4.22. The van der Waals surface area contributed by atoms with Crippen LogP contribution in [0, 0.1) is 0 Å². The first kappa shape index (κ1) is 19.8. The Morgan fingerprint density at radius 1 is 1.14 bits per heavy atom. The van der Waals surface area contributed by atoms with E-state index in [9.17, 15) is 14.4 Å². The molecule has 3 aromatic rings. The molecule has 0 saturated carbocycles. The summed E-state index contributed by atoms with van der Waals surface area (Å²) in [5.41, 5.74) is 1.13. The van der Waals surface area contributed by atoms with Gasteiger partial charge in [0.25, 0.3) is 5.91 Å². The molecule has 1 atom stereocenters. The second-order valence-corrected chi connectivity index (χ2v) is 6.22. The van der Waals surface area contributed by atoms with Crippen LogP contribution in [0.15, 0.2) is 48.8 Å². The van der Waals surface area contributed by atoms with Crippen molar-refractivity contribution < 1.29 is 19.5 Å². The van der Waals surface area contributed by atoms with Gasteiger partial charge in [-0.05, 0) is 44.2 Å². The summed E-state index contributed by atoms with van der Waals surface area (Å²) in [5, 5.41) is 22.7. The molecule has 29 heavy (non-hydrogen) atoms. The minimum absolute atomic E-state index is 0.0832. The Balaban J connectivity index is 1.69. The van der Waals surface area contributed by atoms with Gasteiger partial charge in [-0.3, -0.25) is 14.3 Å². The second kappa shape index (κ2) is 8.38. The molecule has 0 saturated heterocycles. The number of hydrogen-bond donors (Lipinski definition) is 3. The zero-order valence-corrected chi connectivity index (χ0v) is 15.9. The molecule has 1 unspecified atom stereocenters. The summed E-state index contributed by atoms with van der Waals surface area (Å²) in [4.78, 5) is 36.0. The molecule has 1 aromatic carbocycles. The van der Waals surface area contributed by atoms with Crippen LogP contribution in [0.25, 0.3) is 0 Å². The fourth-order valence-electron chi connectivity index (χ4n) is 2.68. The molecule has 0 spiro atoms. The number of anilines is 2. The minimum atomic E-state index is -1.17. The lowest BCUT2D eigenvalue weighted by Crippen LogP contribution is -2.26. The lowest BCUT2D eigenvalue weighted by Gasteiger charge is -2.15. The van der Waals surface area contributed by atoms with Gasteiger partial charge in [-0.1, -0.05) is 6.07 Å². The number of carboxylic acid groups (broad SMARTS) is 1. The Kier molecular flexibility index (Phi) is 5.72. The van der Waals surface area contributed by atoms with E-state index in [0.717, 1.165) is 4.68 Å². The highest BCUT2D eigenvalue weighted by Crippen LogP contribution is 2.18. The number of nitrogens with zero attached hydrogens (tertiary/aromatic N) is 4. The van der Waals surface area contributed by atoms with E-state index in [2.05, 4.69) is 20.8 Å². The first-order chi connectivity index (χ1) is 13.9. The molecule has 2 heterocycles. The zero-order valence-electron chi connectivity index (χ0n) is 15.9.